The van der Waals surface area contributed by atoms with E-state index in [0.29, 0.717) is 17.7 Å². The van der Waals surface area contributed by atoms with Gasteiger partial charge in [0.2, 0.25) is 0 Å². The molecular formula is C13H14O4. The van der Waals surface area contributed by atoms with E-state index < -0.39 is 5.97 Å². The summed E-state index contributed by atoms with van der Waals surface area (Å²) in [6.07, 6.45) is 0.418. The van der Waals surface area contributed by atoms with Crippen molar-refractivity contribution in [3.8, 4) is 17.6 Å². The van der Waals surface area contributed by atoms with E-state index in [1.54, 1.807) is 18.2 Å². The van der Waals surface area contributed by atoms with Crippen LogP contribution in [0.25, 0.3) is 0 Å². The molecule has 0 fully saturated rings. The zero-order chi connectivity index (χ0) is 12.7. The van der Waals surface area contributed by atoms with Gasteiger partial charge in [-0.15, -0.1) is 0 Å². The van der Waals surface area contributed by atoms with E-state index in [1.807, 2.05) is 0 Å². The highest BCUT2D eigenvalue weighted by atomic mass is 16.5. The van der Waals surface area contributed by atoms with Crippen LogP contribution < -0.4 is 4.74 Å². The van der Waals surface area contributed by atoms with Crippen molar-refractivity contribution in [1.29, 1.82) is 0 Å². The second-order valence-electron chi connectivity index (χ2n) is 3.18. The Morgan fingerprint density at radius 1 is 1.41 bits per heavy atom. The Morgan fingerprint density at radius 2 is 2.18 bits per heavy atom. The van der Waals surface area contributed by atoms with Gasteiger partial charge in [0, 0.05) is 12.0 Å². The van der Waals surface area contributed by atoms with Gasteiger partial charge in [-0.1, -0.05) is 11.8 Å². The molecule has 0 saturated carbocycles. The van der Waals surface area contributed by atoms with Crippen molar-refractivity contribution >= 4 is 5.97 Å². The third-order valence-electron chi connectivity index (χ3n) is 2.08. The van der Waals surface area contributed by atoms with Gasteiger partial charge < -0.3 is 14.6 Å². The summed E-state index contributed by atoms with van der Waals surface area (Å²) in [5, 5.41) is 8.61. The van der Waals surface area contributed by atoms with Crippen molar-refractivity contribution in [1.82, 2.24) is 0 Å². The number of esters is 1. The van der Waals surface area contributed by atoms with Crippen LogP contribution in [0.15, 0.2) is 18.2 Å². The molecule has 0 aliphatic rings. The monoisotopic (exact) mass is 234 g/mol. The number of rotatable bonds is 3. The van der Waals surface area contributed by atoms with Crippen molar-refractivity contribution < 1.29 is 19.4 Å². The van der Waals surface area contributed by atoms with E-state index in [0.717, 1.165) is 5.56 Å². The van der Waals surface area contributed by atoms with Crippen LogP contribution in [0.2, 0.25) is 0 Å². The van der Waals surface area contributed by atoms with Crippen molar-refractivity contribution in [2.75, 3.05) is 20.8 Å². The minimum Gasteiger partial charge on any atom is -0.496 e. The third-order valence-corrected chi connectivity index (χ3v) is 2.08. The Labute approximate surface area is 100 Å². The first-order valence-electron chi connectivity index (χ1n) is 5.09. The maximum absolute atomic E-state index is 11.4. The maximum atomic E-state index is 11.4. The highest BCUT2D eigenvalue weighted by Crippen LogP contribution is 2.20. The van der Waals surface area contributed by atoms with E-state index >= 15 is 0 Å². The average Bonchev–Trinajstić information content (AvgIpc) is 2.38. The Balaban J connectivity index is 3.01. The number of carbonyl (C=O) groups excluding carboxylic acids is 1. The lowest BCUT2D eigenvalue weighted by atomic mass is 10.1. The van der Waals surface area contributed by atoms with Crippen LogP contribution in [-0.4, -0.2) is 31.9 Å². The molecular weight excluding hydrogens is 220 g/mol. The molecule has 1 aromatic carbocycles. The summed E-state index contributed by atoms with van der Waals surface area (Å²) in [6.45, 7) is 0.0321. The molecule has 0 bridgehead atoms. The molecule has 0 atom stereocenters. The molecule has 1 aromatic rings. The minimum atomic E-state index is -0.447. The topological polar surface area (TPSA) is 55.8 Å². The number of methoxy groups -OCH3 is 2. The van der Waals surface area contributed by atoms with Crippen molar-refractivity contribution in [3.05, 3.63) is 29.3 Å². The molecule has 0 heterocycles. The summed E-state index contributed by atoms with van der Waals surface area (Å²) in [6, 6.07) is 4.98. The van der Waals surface area contributed by atoms with Crippen LogP contribution in [0.1, 0.15) is 22.3 Å². The SMILES string of the molecule is COC(=O)c1ccc(C#CCCO)cc1OC. The zero-order valence-corrected chi connectivity index (χ0v) is 9.82. The van der Waals surface area contributed by atoms with E-state index in [4.69, 9.17) is 9.84 Å². The van der Waals surface area contributed by atoms with Crippen LogP contribution in [0.5, 0.6) is 5.75 Å². The lowest BCUT2D eigenvalue weighted by molar-refractivity contribution is 0.0597. The van der Waals surface area contributed by atoms with Crippen LogP contribution in [0.4, 0.5) is 0 Å². The molecule has 0 unspecified atom stereocenters. The van der Waals surface area contributed by atoms with Gasteiger partial charge >= 0.3 is 5.97 Å². The smallest absolute Gasteiger partial charge is 0.341 e. The molecule has 17 heavy (non-hydrogen) atoms. The van der Waals surface area contributed by atoms with E-state index in [2.05, 4.69) is 16.6 Å². The first-order chi connectivity index (χ1) is 8.22. The van der Waals surface area contributed by atoms with Gasteiger partial charge in [-0.05, 0) is 18.2 Å². The van der Waals surface area contributed by atoms with Gasteiger partial charge in [0.25, 0.3) is 0 Å². The molecule has 4 nitrogen and oxygen atoms in total. The van der Waals surface area contributed by atoms with Gasteiger partial charge in [0.1, 0.15) is 11.3 Å². The third kappa shape index (κ3) is 3.51. The van der Waals surface area contributed by atoms with Crippen LogP contribution >= 0.6 is 0 Å². The molecule has 0 aromatic heterocycles. The zero-order valence-electron chi connectivity index (χ0n) is 9.82. The normalized spacial score (nSPS) is 9.12. The number of benzene rings is 1. The summed E-state index contributed by atoms with van der Waals surface area (Å²) < 4.78 is 9.73. The van der Waals surface area contributed by atoms with Gasteiger partial charge in [0.05, 0.1) is 20.8 Å². The fourth-order valence-corrected chi connectivity index (χ4v) is 1.27. The Morgan fingerprint density at radius 3 is 2.76 bits per heavy atom. The van der Waals surface area contributed by atoms with Gasteiger partial charge in [-0.25, -0.2) is 4.79 Å². The predicted molar refractivity (Wildman–Crippen MR) is 62.9 cm³/mol. The molecule has 0 amide bonds. The molecule has 0 aliphatic heterocycles. The van der Waals surface area contributed by atoms with Crippen molar-refractivity contribution in [2.24, 2.45) is 0 Å². The largest absolute Gasteiger partial charge is 0.496 e. The molecule has 1 N–H and O–H groups in total. The Bertz CT molecular complexity index is 454. The molecule has 0 spiro atoms. The summed E-state index contributed by atoms with van der Waals surface area (Å²) in [5.74, 6) is 5.63. The molecule has 90 valence electrons. The highest BCUT2D eigenvalue weighted by Gasteiger charge is 2.12. The molecule has 0 saturated heterocycles. The first kappa shape index (κ1) is 13.1. The fourth-order valence-electron chi connectivity index (χ4n) is 1.27. The predicted octanol–water partition coefficient (Wildman–Crippen LogP) is 1.22. The maximum Gasteiger partial charge on any atom is 0.341 e. The molecule has 0 aliphatic carbocycles. The lowest BCUT2D eigenvalue weighted by Crippen LogP contribution is -2.04. The van der Waals surface area contributed by atoms with Crippen molar-refractivity contribution in [2.45, 2.75) is 6.42 Å². The first-order valence-corrected chi connectivity index (χ1v) is 5.09. The quantitative estimate of drug-likeness (QED) is 0.631. The fraction of sp³-hybridized carbons (Fsp3) is 0.308. The average molecular weight is 234 g/mol. The lowest BCUT2D eigenvalue weighted by Gasteiger charge is -2.06. The number of carbonyl (C=O) groups is 1. The second-order valence-corrected chi connectivity index (χ2v) is 3.18. The number of hydrogen-bond acceptors (Lipinski definition) is 4. The number of aliphatic hydroxyl groups is 1. The van der Waals surface area contributed by atoms with Gasteiger partial charge in [-0.3, -0.25) is 0 Å². The van der Waals surface area contributed by atoms with E-state index in [9.17, 15) is 4.79 Å². The summed E-state index contributed by atoms with van der Waals surface area (Å²) in [7, 11) is 2.80. The van der Waals surface area contributed by atoms with E-state index in [-0.39, 0.29) is 6.61 Å². The number of aliphatic hydroxyl groups excluding tert-OH is 1. The van der Waals surface area contributed by atoms with Gasteiger partial charge in [-0.2, -0.15) is 0 Å². The van der Waals surface area contributed by atoms with Crippen molar-refractivity contribution in [3.63, 3.8) is 0 Å². The van der Waals surface area contributed by atoms with Crippen LogP contribution in [-0.2, 0) is 4.74 Å². The summed E-state index contributed by atoms with van der Waals surface area (Å²) in [5.41, 5.74) is 1.09. The Hall–Kier alpha value is -1.99. The van der Waals surface area contributed by atoms with Crippen LogP contribution in [0, 0.1) is 11.8 Å². The minimum absolute atomic E-state index is 0.0321. The molecule has 1 rings (SSSR count). The summed E-state index contributed by atoms with van der Waals surface area (Å²) in [4.78, 5) is 11.4. The highest BCUT2D eigenvalue weighted by molar-refractivity contribution is 5.92. The number of ether oxygens (including phenoxy) is 2. The van der Waals surface area contributed by atoms with Gasteiger partial charge in [0.15, 0.2) is 0 Å². The number of hydrogen-bond donors (Lipinski definition) is 1. The standard InChI is InChI=1S/C13H14O4/c1-16-12-9-10(5-3-4-8-14)6-7-11(12)13(15)17-2/h6-7,9,14H,4,8H2,1-2H3. The molecule has 4 heteroatoms. The second kappa shape index (κ2) is 6.56. The van der Waals surface area contributed by atoms with E-state index in [1.165, 1.54) is 14.2 Å². The molecule has 0 radical (unpaired) electrons. The summed E-state index contributed by atoms with van der Waals surface area (Å²) >= 11 is 0. The van der Waals surface area contributed by atoms with Crippen LogP contribution in [0.3, 0.4) is 0 Å². The Kier molecular flexibility index (Phi) is 5.05.